The first-order chi connectivity index (χ1) is 17.2. The number of hydrogen-bond donors (Lipinski definition) is 1. The Morgan fingerprint density at radius 1 is 1.03 bits per heavy atom. The van der Waals surface area contributed by atoms with Crippen molar-refractivity contribution in [2.24, 2.45) is 5.73 Å². The van der Waals surface area contributed by atoms with Gasteiger partial charge in [-0.05, 0) is 37.5 Å². The molecule has 0 spiro atoms. The lowest BCUT2D eigenvalue weighted by molar-refractivity contribution is -0.0394. The molecule has 9 heteroatoms. The lowest BCUT2D eigenvalue weighted by atomic mass is 10.2. The number of fused-ring (bicyclic) bond motifs is 1. The second-order valence-electron chi connectivity index (χ2n) is 8.47. The van der Waals surface area contributed by atoms with Crippen LogP contribution in [0.4, 0.5) is 11.4 Å². The molecule has 2 N–H and O–H groups in total. The molecule has 0 radical (unpaired) electrons. The fourth-order valence-corrected chi connectivity index (χ4v) is 4.35. The van der Waals surface area contributed by atoms with Crippen molar-refractivity contribution in [3.05, 3.63) is 55.0 Å². The predicted molar refractivity (Wildman–Crippen MR) is 135 cm³/mol. The van der Waals surface area contributed by atoms with Gasteiger partial charge < -0.3 is 24.8 Å². The maximum absolute atomic E-state index is 5.97. The van der Waals surface area contributed by atoms with Crippen LogP contribution >= 0.6 is 0 Å². The largest absolute Gasteiger partial charge is 0.497 e. The third kappa shape index (κ3) is 4.91. The molecule has 35 heavy (non-hydrogen) atoms. The molecule has 1 unspecified atom stereocenters. The summed E-state index contributed by atoms with van der Waals surface area (Å²) in [5.74, 6) is 1.42. The van der Waals surface area contributed by atoms with Gasteiger partial charge in [-0.3, -0.25) is 4.98 Å². The van der Waals surface area contributed by atoms with E-state index in [4.69, 9.17) is 24.9 Å². The zero-order valence-corrected chi connectivity index (χ0v) is 20.1. The number of methoxy groups -OCH3 is 2. The molecule has 1 saturated heterocycles. The first-order valence-electron chi connectivity index (χ1n) is 11.8. The van der Waals surface area contributed by atoms with E-state index in [2.05, 4.69) is 15.0 Å². The highest BCUT2D eigenvalue weighted by molar-refractivity contribution is 5.82. The Morgan fingerprint density at radius 2 is 1.86 bits per heavy atom. The second-order valence-corrected chi connectivity index (χ2v) is 8.47. The summed E-state index contributed by atoms with van der Waals surface area (Å²) in [6.45, 7) is 1.87. The van der Waals surface area contributed by atoms with Gasteiger partial charge in [-0.1, -0.05) is 0 Å². The van der Waals surface area contributed by atoms with Gasteiger partial charge in [-0.2, -0.15) is 5.10 Å². The Kier molecular flexibility index (Phi) is 6.78. The van der Waals surface area contributed by atoms with Crippen molar-refractivity contribution >= 4 is 22.4 Å². The topological polar surface area (TPSA) is 101 Å². The van der Waals surface area contributed by atoms with Crippen LogP contribution in [0.5, 0.6) is 11.5 Å². The fourth-order valence-electron chi connectivity index (χ4n) is 4.35. The molecule has 182 valence electrons. The summed E-state index contributed by atoms with van der Waals surface area (Å²) >= 11 is 0. The van der Waals surface area contributed by atoms with Crippen molar-refractivity contribution in [3.63, 3.8) is 0 Å². The highest BCUT2D eigenvalue weighted by atomic mass is 16.5. The van der Waals surface area contributed by atoms with Crippen molar-refractivity contribution in [1.82, 2.24) is 19.7 Å². The molecule has 0 saturated carbocycles. The Bertz CT molecular complexity index is 1280. The molecular weight excluding hydrogens is 444 g/mol. The van der Waals surface area contributed by atoms with Crippen LogP contribution < -0.4 is 20.1 Å². The zero-order valence-electron chi connectivity index (χ0n) is 20.1. The lowest BCUT2D eigenvalue weighted by Crippen LogP contribution is -2.24. The first kappa shape index (κ1) is 23.1. The molecule has 9 nitrogen and oxygen atoms in total. The van der Waals surface area contributed by atoms with Gasteiger partial charge in [0, 0.05) is 61.0 Å². The summed E-state index contributed by atoms with van der Waals surface area (Å²) < 4.78 is 18.7. The van der Waals surface area contributed by atoms with Gasteiger partial charge in [0.15, 0.2) is 0 Å². The Morgan fingerprint density at radius 3 is 2.57 bits per heavy atom. The van der Waals surface area contributed by atoms with E-state index in [1.165, 1.54) is 0 Å². The molecule has 0 amide bonds. The molecule has 4 aromatic rings. The Hall–Kier alpha value is -3.69. The third-order valence-electron chi connectivity index (χ3n) is 6.19. The van der Waals surface area contributed by atoms with Crippen molar-refractivity contribution in [2.75, 3.05) is 38.8 Å². The normalized spacial score (nSPS) is 15.8. The van der Waals surface area contributed by atoms with Gasteiger partial charge in [0.25, 0.3) is 0 Å². The van der Waals surface area contributed by atoms with Crippen LogP contribution in [0.3, 0.4) is 0 Å². The molecular formula is C26H30N6O3. The van der Waals surface area contributed by atoms with Gasteiger partial charge in [-0.15, -0.1) is 0 Å². The average Bonchev–Trinajstić information content (AvgIpc) is 3.42. The number of hydrogen-bond acceptors (Lipinski definition) is 8. The minimum absolute atomic E-state index is 0.0119. The molecule has 5 rings (SSSR count). The van der Waals surface area contributed by atoms with Crippen LogP contribution in [0, 0.1) is 0 Å². The van der Waals surface area contributed by atoms with Crippen LogP contribution in [0.25, 0.3) is 22.3 Å². The van der Waals surface area contributed by atoms with Crippen molar-refractivity contribution in [3.8, 4) is 22.8 Å². The van der Waals surface area contributed by atoms with Crippen LogP contribution in [-0.2, 0) is 4.74 Å². The van der Waals surface area contributed by atoms with E-state index in [9.17, 15) is 0 Å². The summed E-state index contributed by atoms with van der Waals surface area (Å²) in [7, 11) is 3.28. The smallest absolute Gasteiger partial charge is 0.150 e. The summed E-state index contributed by atoms with van der Waals surface area (Å²) in [5.41, 5.74) is 11.1. The van der Waals surface area contributed by atoms with E-state index in [1.807, 2.05) is 53.5 Å². The molecule has 3 heterocycles. The quantitative estimate of drug-likeness (QED) is 0.403. The fraction of sp³-hybridized carbons (Fsp3) is 0.346. The summed E-state index contributed by atoms with van der Waals surface area (Å²) in [6, 6.07) is 11.8. The van der Waals surface area contributed by atoms with Gasteiger partial charge in [0.05, 0.1) is 43.3 Å². The van der Waals surface area contributed by atoms with E-state index in [0.29, 0.717) is 24.6 Å². The SMILES string of the molecule is COc1cc(OC)cc(N(CCN)c2ccc3ncc(-c4cnn(C5CCCCO5)c4)nc3c2)c1. The van der Waals surface area contributed by atoms with E-state index in [0.717, 1.165) is 59.5 Å². The van der Waals surface area contributed by atoms with Crippen LogP contribution in [-0.4, -0.2) is 53.7 Å². The molecule has 0 bridgehead atoms. The predicted octanol–water partition coefficient (Wildman–Crippen LogP) is 4.31. The van der Waals surface area contributed by atoms with Crippen LogP contribution in [0.2, 0.25) is 0 Å². The van der Waals surface area contributed by atoms with E-state index in [-0.39, 0.29) is 6.23 Å². The summed E-state index contributed by atoms with van der Waals surface area (Å²) in [5, 5.41) is 4.52. The number of benzene rings is 2. The third-order valence-corrected chi connectivity index (χ3v) is 6.19. The van der Waals surface area contributed by atoms with Gasteiger partial charge in [0.2, 0.25) is 0 Å². The highest BCUT2D eigenvalue weighted by Gasteiger charge is 2.18. The monoisotopic (exact) mass is 474 g/mol. The van der Waals surface area contributed by atoms with Crippen molar-refractivity contribution < 1.29 is 14.2 Å². The Balaban J connectivity index is 1.49. The minimum atomic E-state index is -0.0119. The number of anilines is 2. The average molecular weight is 475 g/mol. The van der Waals surface area contributed by atoms with Crippen molar-refractivity contribution in [2.45, 2.75) is 25.5 Å². The van der Waals surface area contributed by atoms with E-state index < -0.39 is 0 Å². The van der Waals surface area contributed by atoms with Crippen molar-refractivity contribution in [1.29, 1.82) is 0 Å². The number of ether oxygens (including phenoxy) is 3. The second kappa shape index (κ2) is 10.3. The molecule has 1 aliphatic heterocycles. The van der Waals surface area contributed by atoms with Gasteiger partial charge >= 0.3 is 0 Å². The summed E-state index contributed by atoms with van der Waals surface area (Å²) in [4.78, 5) is 11.7. The van der Waals surface area contributed by atoms with Crippen LogP contribution in [0.15, 0.2) is 55.0 Å². The van der Waals surface area contributed by atoms with Crippen LogP contribution in [0.1, 0.15) is 25.5 Å². The number of aromatic nitrogens is 4. The molecule has 1 aliphatic rings. The molecule has 2 aromatic carbocycles. The highest BCUT2D eigenvalue weighted by Crippen LogP contribution is 2.34. The van der Waals surface area contributed by atoms with Gasteiger partial charge in [-0.25, -0.2) is 9.67 Å². The maximum Gasteiger partial charge on any atom is 0.150 e. The van der Waals surface area contributed by atoms with Gasteiger partial charge in [0.1, 0.15) is 17.7 Å². The minimum Gasteiger partial charge on any atom is -0.497 e. The standard InChI is InChI=1S/C26H30N6O3/c1-33-21-11-20(12-22(14-21)34-2)31(9-8-27)19-6-7-23-24(13-19)30-25(16-28-23)18-15-29-32(17-18)26-5-3-4-10-35-26/h6-7,11-17,26H,3-5,8-10,27H2,1-2H3. The molecule has 1 fully saturated rings. The van der Waals surface area contributed by atoms with E-state index >= 15 is 0 Å². The maximum atomic E-state index is 5.97. The molecule has 2 aromatic heterocycles. The number of rotatable bonds is 8. The lowest BCUT2D eigenvalue weighted by Gasteiger charge is -2.25. The zero-order chi connectivity index (χ0) is 24.2. The number of nitrogens with two attached hydrogens (primary N) is 1. The summed E-state index contributed by atoms with van der Waals surface area (Å²) in [6.07, 6.45) is 8.81. The first-order valence-corrected chi connectivity index (χ1v) is 11.8. The molecule has 1 atom stereocenters. The number of nitrogens with zero attached hydrogens (tertiary/aromatic N) is 5. The Labute approximate surface area is 204 Å². The van der Waals surface area contributed by atoms with E-state index in [1.54, 1.807) is 20.4 Å². The molecule has 0 aliphatic carbocycles.